The van der Waals surface area contributed by atoms with Gasteiger partial charge in [0.25, 0.3) is 0 Å². The van der Waals surface area contributed by atoms with Crippen LogP contribution in [-0.2, 0) is 16.1 Å². The molecule has 1 aliphatic carbocycles. The molecule has 2 aromatic rings. The Labute approximate surface area is 179 Å². The fourth-order valence-corrected chi connectivity index (χ4v) is 4.04. The van der Waals surface area contributed by atoms with E-state index in [1.807, 2.05) is 59.5 Å². The summed E-state index contributed by atoms with van der Waals surface area (Å²) < 4.78 is 1.01. The quantitative estimate of drug-likeness (QED) is 0.625. The molecule has 2 aromatic carbocycles. The third-order valence-electron chi connectivity index (χ3n) is 5.30. The second-order valence-electron chi connectivity index (χ2n) is 7.56. The summed E-state index contributed by atoms with van der Waals surface area (Å²) in [7, 11) is 0. The summed E-state index contributed by atoms with van der Waals surface area (Å²) in [6, 6.07) is 18.3. The van der Waals surface area contributed by atoms with Crippen LogP contribution in [0, 0.1) is 0 Å². The van der Waals surface area contributed by atoms with Gasteiger partial charge in [0.05, 0.1) is 12.3 Å². The fraction of sp³-hybridized carbons (Fsp3) is 0.348. The molecular formula is C23H24BrN3O2. The topological polar surface area (TPSA) is 53.0 Å². The lowest BCUT2D eigenvalue weighted by Crippen LogP contribution is -2.33. The van der Waals surface area contributed by atoms with Gasteiger partial charge in [-0.3, -0.25) is 9.59 Å². The second kappa shape index (κ2) is 8.91. The summed E-state index contributed by atoms with van der Waals surface area (Å²) in [5.74, 6) is -0.0326. The summed E-state index contributed by atoms with van der Waals surface area (Å²) in [4.78, 5) is 27.3. The molecule has 0 aromatic heterocycles. The minimum Gasteiger partial charge on any atom is -0.335 e. The first kappa shape index (κ1) is 19.8. The zero-order valence-electron chi connectivity index (χ0n) is 16.3. The number of hydrogen-bond donors (Lipinski definition) is 0. The van der Waals surface area contributed by atoms with Crippen LogP contribution in [0.15, 0.2) is 64.2 Å². The molecule has 6 heteroatoms. The van der Waals surface area contributed by atoms with Crippen LogP contribution in [0.1, 0.15) is 43.2 Å². The minimum absolute atomic E-state index is 0.0484. The van der Waals surface area contributed by atoms with Crippen molar-refractivity contribution in [3.8, 4) is 0 Å². The predicted molar refractivity (Wildman–Crippen MR) is 116 cm³/mol. The second-order valence-corrected chi connectivity index (χ2v) is 8.48. The first-order chi connectivity index (χ1) is 14.1. The zero-order chi connectivity index (χ0) is 20.2. The number of amides is 2. The lowest BCUT2D eigenvalue weighted by molar-refractivity contribution is -0.137. The number of rotatable bonds is 7. The van der Waals surface area contributed by atoms with Crippen LogP contribution in [0.5, 0.6) is 0 Å². The molecule has 4 rings (SSSR count). The molecule has 1 heterocycles. The molecule has 0 unspecified atom stereocenters. The summed E-state index contributed by atoms with van der Waals surface area (Å²) in [5.41, 5.74) is 3.08. The first-order valence-electron chi connectivity index (χ1n) is 10.1. The number of carbonyl (C=O) groups is 2. The van der Waals surface area contributed by atoms with Gasteiger partial charge in [-0.15, -0.1) is 0 Å². The highest BCUT2D eigenvalue weighted by Gasteiger charge is 2.33. The van der Waals surface area contributed by atoms with Gasteiger partial charge in [-0.25, -0.2) is 5.01 Å². The highest BCUT2D eigenvalue weighted by molar-refractivity contribution is 9.10. The molecule has 1 saturated carbocycles. The first-order valence-corrected chi connectivity index (χ1v) is 10.9. The Bertz CT molecular complexity index is 925. The van der Waals surface area contributed by atoms with Gasteiger partial charge >= 0.3 is 0 Å². The van der Waals surface area contributed by atoms with Gasteiger partial charge in [-0.2, -0.15) is 5.10 Å². The molecule has 5 nitrogen and oxygen atoms in total. The summed E-state index contributed by atoms with van der Waals surface area (Å²) >= 11 is 3.48. The van der Waals surface area contributed by atoms with E-state index in [-0.39, 0.29) is 24.7 Å². The number of halogens is 1. The van der Waals surface area contributed by atoms with Crippen molar-refractivity contribution < 1.29 is 9.59 Å². The van der Waals surface area contributed by atoms with E-state index in [1.54, 1.807) is 0 Å². The van der Waals surface area contributed by atoms with Crippen molar-refractivity contribution >= 4 is 33.5 Å². The molecule has 150 valence electrons. The lowest BCUT2D eigenvalue weighted by atomic mass is 10.1. The molecule has 29 heavy (non-hydrogen) atoms. The number of benzene rings is 2. The molecule has 0 atom stereocenters. The fourth-order valence-electron chi connectivity index (χ4n) is 3.60. The summed E-state index contributed by atoms with van der Waals surface area (Å²) in [5, 5.41) is 6.00. The maximum absolute atomic E-state index is 12.8. The van der Waals surface area contributed by atoms with E-state index < -0.39 is 0 Å². The van der Waals surface area contributed by atoms with Crippen LogP contribution in [0.25, 0.3) is 0 Å². The third-order valence-corrected chi connectivity index (χ3v) is 5.79. The number of hydrazone groups is 1. The van der Waals surface area contributed by atoms with Crippen molar-refractivity contribution in [1.82, 2.24) is 9.91 Å². The molecule has 0 bridgehead atoms. The number of carbonyl (C=O) groups excluding carboxylic acids is 2. The molecule has 0 radical (unpaired) electrons. The van der Waals surface area contributed by atoms with Crippen LogP contribution in [-0.4, -0.2) is 40.0 Å². The van der Waals surface area contributed by atoms with Crippen LogP contribution < -0.4 is 0 Å². The Morgan fingerprint density at radius 3 is 2.59 bits per heavy atom. The Balaban J connectivity index is 1.33. The summed E-state index contributed by atoms with van der Waals surface area (Å²) in [6.07, 6.45) is 3.28. The van der Waals surface area contributed by atoms with Gasteiger partial charge in [0.2, 0.25) is 11.8 Å². The van der Waals surface area contributed by atoms with Gasteiger partial charge < -0.3 is 4.90 Å². The highest BCUT2D eigenvalue weighted by Crippen LogP contribution is 2.29. The van der Waals surface area contributed by atoms with Crippen molar-refractivity contribution in [3.05, 3.63) is 70.2 Å². The summed E-state index contributed by atoms with van der Waals surface area (Å²) in [6.45, 7) is 1.18. The third kappa shape index (κ3) is 5.12. The molecule has 1 fully saturated rings. The Kier molecular flexibility index (Phi) is 6.09. The zero-order valence-corrected chi connectivity index (χ0v) is 17.8. The van der Waals surface area contributed by atoms with Gasteiger partial charge in [0, 0.05) is 36.3 Å². The van der Waals surface area contributed by atoms with Crippen molar-refractivity contribution in [2.75, 3.05) is 6.54 Å². The van der Waals surface area contributed by atoms with Crippen molar-refractivity contribution in [2.24, 2.45) is 5.10 Å². The number of hydrogen-bond acceptors (Lipinski definition) is 3. The Morgan fingerprint density at radius 2 is 1.86 bits per heavy atom. The molecule has 2 amide bonds. The molecule has 1 aliphatic heterocycles. The monoisotopic (exact) mass is 453 g/mol. The van der Waals surface area contributed by atoms with E-state index >= 15 is 0 Å². The average molecular weight is 454 g/mol. The van der Waals surface area contributed by atoms with Crippen LogP contribution >= 0.6 is 15.9 Å². The molecule has 0 saturated heterocycles. The molecular weight excluding hydrogens is 430 g/mol. The van der Waals surface area contributed by atoms with E-state index in [0.29, 0.717) is 19.1 Å². The average Bonchev–Trinajstić information content (AvgIpc) is 3.45. The molecule has 0 spiro atoms. The maximum atomic E-state index is 12.8. The smallest absolute Gasteiger partial charge is 0.243 e. The molecule has 2 aliphatic rings. The highest BCUT2D eigenvalue weighted by atomic mass is 79.9. The standard InChI is InChI=1S/C23H24BrN3O2/c24-19-8-4-5-17(15-19)16-26(20-9-10-20)22(28)11-12-23(29)27-14-13-21(25-27)18-6-2-1-3-7-18/h1-8,15,20H,9-14,16H2. The molecule has 0 N–H and O–H groups in total. The largest absolute Gasteiger partial charge is 0.335 e. The minimum atomic E-state index is -0.0810. The van der Waals surface area contributed by atoms with Crippen LogP contribution in [0.3, 0.4) is 0 Å². The SMILES string of the molecule is O=C(CCC(=O)N(Cc1cccc(Br)c1)C1CC1)N1CCC(c2ccccc2)=N1. The lowest BCUT2D eigenvalue weighted by Gasteiger charge is -2.23. The Morgan fingerprint density at radius 1 is 1.07 bits per heavy atom. The van der Waals surface area contributed by atoms with E-state index in [4.69, 9.17) is 0 Å². The van der Waals surface area contributed by atoms with Crippen molar-refractivity contribution in [3.63, 3.8) is 0 Å². The van der Waals surface area contributed by atoms with E-state index in [0.717, 1.165) is 40.6 Å². The Hall–Kier alpha value is -2.47. The van der Waals surface area contributed by atoms with E-state index in [9.17, 15) is 9.59 Å². The van der Waals surface area contributed by atoms with Gasteiger partial charge in [0.1, 0.15) is 0 Å². The normalized spacial score (nSPS) is 15.9. The predicted octanol–water partition coefficient (Wildman–Crippen LogP) is 4.36. The van der Waals surface area contributed by atoms with E-state index in [1.165, 1.54) is 5.01 Å². The van der Waals surface area contributed by atoms with Gasteiger partial charge in [-0.05, 0) is 36.1 Å². The van der Waals surface area contributed by atoms with Crippen molar-refractivity contribution in [1.29, 1.82) is 0 Å². The number of nitrogens with zero attached hydrogens (tertiary/aromatic N) is 3. The van der Waals surface area contributed by atoms with Gasteiger partial charge in [-0.1, -0.05) is 58.4 Å². The van der Waals surface area contributed by atoms with Crippen LogP contribution in [0.4, 0.5) is 0 Å². The van der Waals surface area contributed by atoms with E-state index in [2.05, 4.69) is 21.0 Å². The van der Waals surface area contributed by atoms with Crippen molar-refractivity contribution in [2.45, 2.75) is 44.7 Å². The maximum Gasteiger partial charge on any atom is 0.243 e. The van der Waals surface area contributed by atoms with Gasteiger partial charge in [0.15, 0.2) is 0 Å². The van der Waals surface area contributed by atoms with Crippen LogP contribution in [0.2, 0.25) is 0 Å².